The highest BCUT2D eigenvalue weighted by atomic mass is 16.6. The van der Waals surface area contributed by atoms with Gasteiger partial charge >= 0.3 is 0 Å². The van der Waals surface area contributed by atoms with Crippen LogP contribution in [-0.4, -0.2) is 17.4 Å². The fourth-order valence-electron chi connectivity index (χ4n) is 2.42. The highest BCUT2D eigenvalue weighted by Gasteiger charge is 2.15. The number of rotatable bonds is 6. The Morgan fingerprint density at radius 1 is 1.15 bits per heavy atom. The van der Waals surface area contributed by atoms with Gasteiger partial charge in [0, 0.05) is 17.7 Å². The van der Waals surface area contributed by atoms with Crippen molar-refractivity contribution in [2.24, 2.45) is 0 Å². The molecule has 26 heavy (non-hydrogen) atoms. The first kappa shape index (κ1) is 17.2. The number of amides is 1. The molecular formula is C19H16N2O5. The second-order valence-corrected chi connectivity index (χ2v) is 5.35. The number of nitro groups is 1. The van der Waals surface area contributed by atoms with Crippen LogP contribution in [0.25, 0.3) is 11.3 Å². The van der Waals surface area contributed by atoms with E-state index in [4.69, 9.17) is 9.15 Å². The molecule has 0 unspecified atom stereocenters. The second kappa shape index (κ2) is 7.52. The maximum atomic E-state index is 12.4. The number of nitrogens with one attached hydrogen (secondary N) is 1. The Hall–Kier alpha value is -3.61. The number of nitrogens with zero attached hydrogens (tertiary/aromatic N) is 1. The van der Waals surface area contributed by atoms with Gasteiger partial charge in [0.2, 0.25) is 0 Å². The largest absolute Gasteiger partial charge is 0.492 e. The monoisotopic (exact) mass is 352 g/mol. The second-order valence-electron chi connectivity index (χ2n) is 5.35. The highest BCUT2D eigenvalue weighted by molar-refractivity contribution is 6.03. The van der Waals surface area contributed by atoms with Gasteiger partial charge < -0.3 is 14.5 Å². The van der Waals surface area contributed by atoms with Gasteiger partial charge in [0.25, 0.3) is 11.6 Å². The molecule has 0 spiro atoms. The van der Waals surface area contributed by atoms with Gasteiger partial charge in [-0.1, -0.05) is 24.3 Å². The van der Waals surface area contributed by atoms with Crippen LogP contribution in [0.1, 0.15) is 17.5 Å². The fourth-order valence-corrected chi connectivity index (χ4v) is 2.42. The third-order valence-corrected chi connectivity index (χ3v) is 3.61. The van der Waals surface area contributed by atoms with Gasteiger partial charge in [-0.15, -0.1) is 0 Å². The summed E-state index contributed by atoms with van der Waals surface area (Å²) in [6.45, 7) is 2.33. The number of non-ortho nitro benzene ring substituents is 1. The van der Waals surface area contributed by atoms with Gasteiger partial charge in [-0.2, -0.15) is 0 Å². The van der Waals surface area contributed by atoms with E-state index in [0.29, 0.717) is 29.4 Å². The van der Waals surface area contributed by atoms with E-state index in [1.54, 1.807) is 36.4 Å². The molecule has 1 aromatic heterocycles. The van der Waals surface area contributed by atoms with Crippen molar-refractivity contribution in [3.63, 3.8) is 0 Å². The summed E-state index contributed by atoms with van der Waals surface area (Å²) in [7, 11) is 0. The lowest BCUT2D eigenvalue weighted by Crippen LogP contribution is -2.12. The molecule has 3 rings (SSSR count). The van der Waals surface area contributed by atoms with E-state index in [0.717, 1.165) is 0 Å². The minimum atomic E-state index is -0.481. The quantitative estimate of drug-likeness (QED) is 0.520. The van der Waals surface area contributed by atoms with Crippen LogP contribution in [-0.2, 0) is 0 Å². The molecule has 7 heteroatoms. The number of carbonyl (C=O) groups is 1. The molecule has 0 bridgehead atoms. The number of benzene rings is 2. The molecule has 1 heterocycles. The zero-order chi connectivity index (χ0) is 18.5. The van der Waals surface area contributed by atoms with Gasteiger partial charge in [0.1, 0.15) is 11.5 Å². The van der Waals surface area contributed by atoms with Gasteiger partial charge in [-0.05, 0) is 31.2 Å². The summed E-state index contributed by atoms with van der Waals surface area (Å²) in [5, 5.41) is 13.6. The Morgan fingerprint density at radius 2 is 1.96 bits per heavy atom. The minimum Gasteiger partial charge on any atom is -0.492 e. The number of hydrogen-bond acceptors (Lipinski definition) is 5. The Labute approximate surface area is 149 Å². The van der Waals surface area contributed by atoms with Crippen LogP contribution in [0.2, 0.25) is 0 Å². The lowest BCUT2D eigenvalue weighted by Gasteiger charge is -2.10. The third-order valence-electron chi connectivity index (χ3n) is 3.61. The van der Waals surface area contributed by atoms with Crippen LogP contribution >= 0.6 is 0 Å². The van der Waals surface area contributed by atoms with Crippen molar-refractivity contribution in [3.8, 4) is 17.1 Å². The summed E-state index contributed by atoms with van der Waals surface area (Å²) < 4.78 is 11.0. The standard InChI is InChI=1S/C19H16N2O5/c1-2-25-17-9-4-3-8-15(17)20-19(22)18-11-10-16(26-18)13-6-5-7-14(12-13)21(23)24/h3-12H,2H2,1H3,(H,20,22). The van der Waals surface area contributed by atoms with Crippen LogP contribution in [0.4, 0.5) is 11.4 Å². The smallest absolute Gasteiger partial charge is 0.291 e. The lowest BCUT2D eigenvalue weighted by molar-refractivity contribution is -0.384. The van der Waals surface area contributed by atoms with Gasteiger partial charge in [0.05, 0.1) is 17.2 Å². The van der Waals surface area contributed by atoms with E-state index in [2.05, 4.69) is 5.32 Å². The number of hydrogen-bond donors (Lipinski definition) is 1. The molecule has 0 aliphatic carbocycles. The molecule has 0 radical (unpaired) electrons. The number of ether oxygens (including phenoxy) is 1. The Bertz CT molecular complexity index is 948. The average Bonchev–Trinajstić information content (AvgIpc) is 3.14. The normalized spacial score (nSPS) is 10.3. The Kier molecular flexibility index (Phi) is 4.98. The molecule has 3 aromatic rings. The lowest BCUT2D eigenvalue weighted by atomic mass is 10.1. The maximum absolute atomic E-state index is 12.4. The van der Waals surface area contributed by atoms with Crippen molar-refractivity contribution in [2.45, 2.75) is 6.92 Å². The van der Waals surface area contributed by atoms with Gasteiger partial charge in [0.15, 0.2) is 5.76 Å². The minimum absolute atomic E-state index is 0.0458. The van der Waals surface area contributed by atoms with Crippen molar-refractivity contribution < 1.29 is 18.9 Å². The summed E-state index contributed by atoms with van der Waals surface area (Å²) in [5.41, 5.74) is 1.01. The van der Waals surface area contributed by atoms with Gasteiger partial charge in [-0.3, -0.25) is 14.9 Å². The summed E-state index contributed by atoms with van der Waals surface area (Å²) in [6, 6.07) is 16.2. The Balaban J connectivity index is 1.81. The highest BCUT2D eigenvalue weighted by Crippen LogP contribution is 2.27. The molecule has 1 amide bonds. The number of nitro benzene ring substituents is 1. The fraction of sp³-hybridized carbons (Fsp3) is 0.105. The summed E-state index contributed by atoms with van der Waals surface area (Å²) in [5.74, 6) is 0.595. The predicted molar refractivity (Wildman–Crippen MR) is 96.4 cm³/mol. The first-order valence-electron chi connectivity index (χ1n) is 7.96. The van der Waals surface area contributed by atoms with Gasteiger partial charge in [-0.25, -0.2) is 0 Å². The van der Waals surface area contributed by atoms with E-state index >= 15 is 0 Å². The van der Waals surface area contributed by atoms with E-state index < -0.39 is 10.8 Å². The summed E-state index contributed by atoms with van der Waals surface area (Å²) >= 11 is 0. The molecule has 0 aliphatic heterocycles. The first-order chi connectivity index (χ1) is 12.6. The van der Waals surface area contributed by atoms with Crippen molar-refractivity contribution in [3.05, 3.63) is 76.5 Å². The summed E-state index contributed by atoms with van der Waals surface area (Å²) in [6.07, 6.45) is 0. The van der Waals surface area contributed by atoms with Crippen LogP contribution in [0, 0.1) is 10.1 Å². The van der Waals surface area contributed by atoms with Crippen LogP contribution in [0.15, 0.2) is 65.1 Å². The zero-order valence-corrected chi connectivity index (χ0v) is 14.0. The molecule has 2 aromatic carbocycles. The topological polar surface area (TPSA) is 94.6 Å². The summed E-state index contributed by atoms with van der Waals surface area (Å²) in [4.78, 5) is 22.8. The van der Waals surface area contributed by atoms with E-state index in [9.17, 15) is 14.9 Å². The van der Waals surface area contributed by atoms with E-state index in [1.807, 2.05) is 13.0 Å². The number of anilines is 1. The molecule has 1 N–H and O–H groups in total. The third kappa shape index (κ3) is 3.72. The molecule has 0 saturated heterocycles. The molecule has 0 aliphatic rings. The molecule has 7 nitrogen and oxygen atoms in total. The van der Waals surface area contributed by atoms with E-state index in [-0.39, 0.29) is 11.4 Å². The molecule has 0 atom stereocenters. The number of furan rings is 1. The van der Waals surface area contributed by atoms with Crippen molar-refractivity contribution in [1.29, 1.82) is 0 Å². The SMILES string of the molecule is CCOc1ccccc1NC(=O)c1ccc(-c2cccc([N+](=O)[O-])c2)o1. The zero-order valence-electron chi connectivity index (χ0n) is 14.0. The predicted octanol–water partition coefficient (Wildman–Crippen LogP) is 4.51. The molecule has 132 valence electrons. The van der Waals surface area contributed by atoms with E-state index in [1.165, 1.54) is 18.2 Å². The van der Waals surface area contributed by atoms with Crippen LogP contribution in [0.5, 0.6) is 5.75 Å². The van der Waals surface area contributed by atoms with Crippen molar-refractivity contribution in [2.75, 3.05) is 11.9 Å². The van der Waals surface area contributed by atoms with Crippen LogP contribution < -0.4 is 10.1 Å². The molecular weight excluding hydrogens is 336 g/mol. The Morgan fingerprint density at radius 3 is 2.73 bits per heavy atom. The van der Waals surface area contributed by atoms with Crippen LogP contribution in [0.3, 0.4) is 0 Å². The molecule has 0 fully saturated rings. The molecule has 0 saturated carbocycles. The van der Waals surface area contributed by atoms with Crippen molar-refractivity contribution >= 4 is 17.3 Å². The average molecular weight is 352 g/mol. The first-order valence-corrected chi connectivity index (χ1v) is 7.96. The number of carbonyl (C=O) groups excluding carboxylic acids is 1. The number of para-hydroxylation sites is 2. The maximum Gasteiger partial charge on any atom is 0.291 e. The van der Waals surface area contributed by atoms with Crippen molar-refractivity contribution in [1.82, 2.24) is 0 Å².